The first-order chi connectivity index (χ1) is 10.2. The van der Waals surface area contributed by atoms with Crippen LogP contribution in [0.2, 0.25) is 0 Å². The van der Waals surface area contributed by atoms with E-state index in [1.54, 1.807) is 0 Å². The SMILES string of the molecule is NC1(Cc2ccccc2CCC(=O)N2CCNCC2)CC1. The number of nitrogens with zero attached hydrogens (tertiary/aromatic N) is 1. The molecule has 3 rings (SSSR count). The van der Waals surface area contributed by atoms with Gasteiger partial charge in [0, 0.05) is 38.1 Å². The Morgan fingerprint density at radius 3 is 2.52 bits per heavy atom. The van der Waals surface area contributed by atoms with Crippen LogP contribution in [0.25, 0.3) is 0 Å². The van der Waals surface area contributed by atoms with E-state index in [2.05, 4.69) is 29.6 Å². The molecule has 2 fully saturated rings. The van der Waals surface area contributed by atoms with Crippen LogP contribution < -0.4 is 11.1 Å². The molecule has 1 amide bonds. The first kappa shape index (κ1) is 14.5. The molecule has 1 saturated heterocycles. The fraction of sp³-hybridized carbons (Fsp3) is 0.588. The lowest BCUT2D eigenvalue weighted by Crippen LogP contribution is -2.46. The van der Waals surface area contributed by atoms with Gasteiger partial charge >= 0.3 is 0 Å². The molecule has 1 aliphatic heterocycles. The summed E-state index contributed by atoms with van der Waals surface area (Å²) in [5.74, 6) is 0.278. The van der Waals surface area contributed by atoms with Crippen LogP contribution in [-0.4, -0.2) is 42.5 Å². The van der Waals surface area contributed by atoms with E-state index >= 15 is 0 Å². The van der Waals surface area contributed by atoms with Crippen LogP contribution in [0.4, 0.5) is 0 Å². The molecule has 4 nitrogen and oxygen atoms in total. The molecule has 0 spiro atoms. The summed E-state index contributed by atoms with van der Waals surface area (Å²) in [6.07, 6.45) is 4.64. The van der Waals surface area contributed by atoms with Crippen molar-refractivity contribution in [1.29, 1.82) is 0 Å². The quantitative estimate of drug-likeness (QED) is 0.852. The average Bonchev–Trinajstić information content (AvgIpc) is 3.24. The minimum absolute atomic E-state index is 0.0264. The molecule has 1 heterocycles. The Kier molecular flexibility index (Phi) is 4.27. The van der Waals surface area contributed by atoms with E-state index in [1.165, 1.54) is 11.1 Å². The van der Waals surface area contributed by atoms with Gasteiger partial charge in [0.1, 0.15) is 0 Å². The zero-order valence-corrected chi connectivity index (χ0v) is 12.6. The number of piperazine rings is 1. The number of aryl methyl sites for hydroxylation is 1. The molecule has 0 aromatic heterocycles. The first-order valence-electron chi connectivity index (χ1n) is 8.00. The van der Waals surface area contributed by atoms with Crippen molar-refractivity contribution in [3.63, 3.8) is 0 Å². The van der Waals surface area contributed by atoms with Crippen molar-refractivity contribution >= 4 is 5.91 Å². The maximum absolute atomic E-state index is 12.3. The van der Waals surface area contributed by atoms with Gasteiger partial charge in [-0.05, 0) is 36.8 Å². The van der Waals surface area contributed by atoms with E-state index in [4.69, 9.17) is 5.73 Å². The predicted molar refractivity (Wildman–Crippen MR) is 84.1 cm³/mol. The maximum Gasteiger partial charge on any atom is 0.222 e. The van der Waals surface area contributed by atoms with Crippen LogP contribution in [0.15, 0.2) is 24.3 Å². The summed E-state index contributed by atoms with van der Waals surface area (Å²) in [6.45, 7) is 3.51. The Morgan fingerprint density at radius 1 is 1.19 bits per heavy atom. The monoisotopic (exact) mass is 287 g/mol. The summed E-state index contributed by atoms with van der Waals surface area (Å²) in [4.78, 5) is 14.2. The number of rotatable bonds is 5. The summed E-state index contributed by atoms with van der Waals surface area (Å²) in [5, 5.41) is 3.28. The topological polar surface area (TPSA) is 58.4 Å². The predicted octanol–water partition coefficient (Wildman–Crippen LogP) is 1.08. The highest BCUT2D eigenvalue weighted by Crippen LogP contribution is 2.36. The van der Waals surface area contributed by atoms with Gasteiger partial charge in [0.2, 0.25) is 5.91 Å². The molecule has 1 aromatic rings. The molecule has 4 heteroatoms. The van der Waals surface area contributed by atoms with Gasteiger partial charge in [0.05, 0.1) is 0 Å². The van der Waals surface area contributed by atoms with Crippen LogP contribution in [0, 0.1) is 0 Å². The number of hydrogen-bond donors (Lipinski definition) is 2. The Bertz CT molecular complexity index is 505. The lowest BCUT2D eigenvalue weighted by Gasteiger charge is -2.27. The minimum Gasteiger partial charge on any atom is -0.340 e. The van der Waals surface area contributed by atoms with Crippen LogP contribution in [0.3, 0.4) is 0 Å². The standard InChI is InChI=1S/C17H25N3O/c18-17(7-8-17)13-15-4-2-1-3-14(15)5-6-16(21)20-11-9-19-10-12-20/h1-4,19H,5-13,18H2. The summed E-state index contributed by atoms with van der Waals surface area (Å²) < 4.78 is 0. The Morgan fingerprint density at radius 2 is 1.86 bits per heavy atom. The summed E-state index contributed by atoms with van der Waals surface area (Å²) in [6, 6.07) is 8.44. The third kappa shape index (κ3) is 3.83. The smallest absolute Gasteiger partial charge is 0.222 e. The molecular weight excluding hydrogens is 262 g/mol. The van der Waals surface area contributed by atoms with E-state index in [1.807, 2.05) is 4.90 Å². The van der Waals surface area contributed by atoms with Gasteiger partial charge in [-0.15, -0.1) is 0 Å². The minimum atomic E-state index is 0.0264. The molecular formula is C17H25N3O. The van der Waals surface area contributed by atoms with Crippen molar-refractivity contribution in [2.75, 3.05) is 26.2 Å². The number of amides is 1. The third-order valence-electron chi connectivity index (χ3n) is 4.63. The highest BCUT2D eigenvalue weighted by molar-refractivity contribution is 5.76. The van der Waals surface area contributed by atoms with Gasteiger partial charge < -0.3 is 16.0 Å². The molecule has 1 aromatic carbocycles. The van der Waals surface area contributed by atoms with E-state index in [0.717, 1.165) is 51.9 Å². The number of hydrogen-bond acceptors (Lipinski definition) is 3. The van der Waals surface area contributed by atoms with Crippen molar-refractivity contribution < 1.29 is 4.79 Å². The van der Waals surface area contributed by atoms with Gasteiger partial charge in [0.25, 0.3) is 0 Å². The Hall–Kier alpha value is -1.39. The molecule has 0 radical (unpaired) electrons. The summed E-state index contributed by atoms with van der Waals surface area (Å²) >= 11 is 0. The van der Waals surface area contributed by atoms with Gasteiger partial charge in [-0.1, -0.05) is 24.3 Å². The molecule has 0 bridgehead atoms. The van der Waals surface area contributed by atoms with Crippen molar-refractivity contribution in [2.45, 2.75) is 37.6 Å². The second-order valence-corrected chi connectivity index (χ2v) is 6.44. The molecule has 1 saturated carbocycles. The zero-order chi connectivity index (χ0) is 14.7. The van der Waals surface area contributed by atoms with E-state index in [9.17, 15) is 4.79 Å². The van der Waals surface area contributed by atoms with Crippen LogP contribution >= 0.6 is 0 Å². The van der Waals surface area contributed by atoms with Gasteiger partial charge in [0.15, 0.2) is 0 Å². The number of benzene rings is 1. The zero-order valence-electron chi connectivity index (χ0n) is 12.6. The molecule has 114 valence electrons. The summed E-state index contributed by atoms with van der Waals surface area (Å²) in [5.41, 5.74) is 8.88. The van der Waals surface area contributed by atoms with Crippen molar-refractivity contribution in [2.24, 2.45) is 5.73 Å². The fourth-order valence-electron chi connectivity index (χ4n) is 3.00. The van der Waals surface area contributed by atoms with Gasteiger partial charge in [-0.2, -0.15) is 0 Å². The summed E-state index contributed by atoms with van der Waals surface area (Å²) in [7, 11) is 0. The molecule has 1 aliphatic carbocycles. The van der Waals surface area contributed by atoms with Crippen LogP contribution in [0.5, 0.6) is 0 Å². The normalized spacial score (nSPS) is 20.3. The Balaban J connectivity index is 1.58. The van der Waals surface area contributed by atoms with Crippen LogP contribution in [-0.2, 0) is 17.6 Å². The molecule has 2 aliphatic rings. The highest BCUT2D eigenvalue weighted by Gasteiger charge is 2.38. The lowest BCUT2D eigenvalue weighted by atomic mass is 9.96. The van der Waals surface area contributed by atoms with Gasteiger partial charge in [-0.3, -0.25) is 4.79 Å². The third-order valence-corrected chi connectivity index (χ3v) is 4.63. The second kappa shape index (κ2) is 6.16. The van der Waals surface area contributed by atoms with Crippen molar-refractivity contribution in [1.82, 2.24) is 10.2 Å². The van der Waals surface area contributed by atoms with E-state index < -0.39 is 0 Å². The average molecular weight is 287 g/mol. The second-order valence-electron chi connectivity index (χ2n) is 6.44. The first-order valence-corrected chi connectivity index (χ1v) is 8.00. The maximum atomic E-state index is 12.3. The van der Waals surface area contributed by atoms with Crippen LogP contribution in [0.1, 0.15) is 30.4 Å². The van der Waals surface area contributed by atoms with Crippen molar-refractivity contribution in [3.05, 3.63) is 35.4 Å². The molecule has 0 atom stereocenters. The van der Waals surface area contributed by atoms with E-state index in [0.29, 0.717) is 6.42 Å². The largest absolute Gasteiger partial charge is 0.340 e. The number of carbonyl (C=O) groups is 1. The highest BCUT2D eigenvalue weighted by atomic mass is 16.2. The number of carbonyl (C=O) groups excluding carboxylic acids is 1. The number of nitrogens with one attached hydrogen (secondary N) is 1. The molecule has 21 heavy (non-hydrogen) atoms. The molecule has 3 N–H and O–H groups in total. The number of nitrogens with two attached hydrogens (primary N) is 1. The van der Waals surface area contributed by atoms with E-state index in [-0.39, 0.29) is 11.4 Å². The Labute approximate surface area is 126 Å². The van der Waals surface area contributed by atoms with Crippen molar-refractivity contribution in [3.8, 4) is 0 Å². The van der Waals surface area contributed by atoms with Gasteiger partial charge in [-0.25, -0.2) is 0 Å². The fourth-order valence-corrected chi connectivity index (χ4v) is 3.00. The molecule has 0 unspecified atom stereocenters. The lowest BCUT2D eigenvalue weighted by molar-refractivity contribution is -0.131.